The van der Waals surface area contributed by atoms with Gasteiger partial charge in [0.05, 0.1) is 18.7 Å². The van der Waals surface area contributed by atoms with Crippen LogP contribution in [0.15, 0.2) is 6.07 Å². The van der Waals surface area contributed by atoms with Crippen molar-refractivity contribution in [3.8, 4) is 6.07 Å². The van der Waals surface area contributed by atoms with E-state index in [9.17, 15) is 4.79 Å². The molecule has 0 amide bonds. The number of anilines is 1. The summed E-state index contributed by atoms with van der Waals surface area (Å²) in [6, 6.07) is 3.87. The summed E-state index contributed by atoms with van der Waals surface area (Å²) >= 11 is 0. The Bertz CT molecular complexity index is 496. The van der Waals surface area contributed by atoms with Crippen LogP contribution >= 0.6 is 0 Å². The lowest BCUT2D eigenvalue weighted by molar-refractivity contribution is -0.374. The van der Waals surface area contributed by atoms with Gasteiger partial charge in [-0.25, -0.2) is 4.98 Å². The number of ketones is 1. The minimum Gasteiger partial charge on any atom is -0.294 e. The van der Waals surface area contributed by atoms with Gasteiger partial charge in [-0.05, 0) is 32.8 Å². The normalized spacial score (nSPS) is 14.8. The van der Waals surface area contributed by atoms with Gasteiger partial charge in [-0.1, -0.05) is 0 Å². The molecule has 1 saturated heterocycles. The third-order valence-electron chi connectivity index (χ3n) is 3.18. The van der Waals surface area contributed by atoms with Crippen molar-refractivity contribution in [1.82, 2.24) is 0 Å². The Kier molecular flexibility index (Phi) is 3.10. The Hall–Kier alpha value is -1.89. The number of rotatable bonds is 2. The molecule has 0 aromatic carbocycles. The number of hydrogen-bond acceptors (Lipinski definition) is 3. The van der Waals surface area contributed by atoms with E-state index in [1.165, 1.54) is 6.92 Å². The lowest BCUT2D eigenvalue weighted by atomic mass is 10.1. The summed E-state index contributed by atoms with van der Waals surface area (Å²) in [5.41, 5.74) is 1.99. The van der Waals surface area contributed by atoms with Crippen LogP contribution in [-0.2, 0) is 0 Å². The largest absolute Gasteiger partial charge is 0.294 e. The highest BCUT2D eigenvalue weighted by Crippen LogP contribution is 2.21. The highest BCUT2D eigenvalue weighted by Gasteiger charge is 2.26. The van der Waals surface area contributed by atoms with Gasteiger partial charge in [-0.15, -0.1) is 0 Å². The molecule has 0 unspecified atom stereocenters. The van der Waals surface area contributed by atoms with Crippen LogP contribution in [-0.4, -0.2) is 18.9 Å². The number of aromatic amines is 1. The van der Waals surface area contributed by atoms with Crippen LogP contribution in [0.4, 0.5) is 5.82 Å². The average Bonchev–Trinajstić information content (AvgIpc) is 2.81. The Morgan fingerprint density at radius 1 is 1.47 bits per heavy atom. The highest BCUT2D eigenvalue weighted by molar-refractivity contribution is 5.95. The monoisotopic (exact) mass is 230 g/mol. The number of hydrogen-bond donors (Lipinski definition) is 0. The van der Waals surface area contributed by atoms with Gasteiger partial charge in [-0.2, -0.15) is 5.26 Å². The number of carbonyl (C=O) groups is 1. The quantitative estimate of drug-likeness (QED) is 0.723. The summed E-state index contributed by atoms with van der Waals surface area (Å²) < 4.78 is 0. The fraction of sp³-hybridized carbons (Fsp3) is 0.462. The van der Waals surface area contributed by atoms with Crippen LogP contribution in [0.5, 0.6) is 0 Å². The Balaban J connectivity index is 2.49. The second kappa shape index (κ2) is 4.54. The molecule has 0 bridgehead atoms. The summed E-state index contributed by atoms with van der Waals surface area (Å²) in [7, 11) is 0. The number of aryl methyl sites for hydroxylation is 1. The summed E-state index contributed by atoms with van der Waals surface area (Å²) in [6.07, 6.45) is 2.32. The van der Waals surface area contributed by atoms with Crippen molar-refractivity contribution in [2.24, 2.45) is 0 Å². The van der Waals surface area contributed by atoms with Gasteiger partial charge in [0.25, 0.3) is 5.82 Å². The number of pyridine rings is 1. The zero-order valence-electron chi connectivity index (χ0n) is 10.2. The SMILES string of the molecule is CC(=O)c1cc(C#N)c(N2CCCC2)[nH+]c1C. The smallest absolute Gasteiger partial charge is 0.292 e. The predicted molar refractivity (Wildman–Crippen MR) is 63.9 cm³/mol. The van der Waals surface area contributed by atoms with Gasteiger partial charge in [0.15, 0.2) is 5.78 Å². The zero-order chi connectivity index (χ0) is 12.4. The molecule has 1 aliphatic heterocycles. The molecule has 0 radical (unpaired) electrons. The Labute approximate surface area is 101 Å². The van der Waals surface area contributed by atoms with Gasteiger partial charge < -0.3 is 0 Å². The standard InChI is InChI=1S/C13H15N3O/c1-9-12(10(2)17)7-11(8-14)13(15-9)16-5-3-4-6-16/h7H,3-6H2,1-2H3/p+1. The fourth-order valence-corrected chi connectivity index (χ4v) is 2.27. The van der Waals surface area contributed by atoms with Crippen LogP contribution in [0.1, 0.15) is 41.4 Å². The topological polar surface area (TPSA) is 58.2 Å². The number of carbonyl (C=O) groups excluding carboxylic acids is 1. The first-order chi connectivity index (χ1) is 8.13. The van der Waals surface area contributed by atoms with E-state index in [1.54, 1.807) is 6.07 Å². The molecule has 1 aromatic rings. The molecule has 0 spiro atoms. The van der Waals surface area contributed by atoms with Gasteiger partial charge in [0.1, 0.15) is 17.3 Å². The maximum atomic E-state index is 11.4. The summed E-state index contributed by atoms with van der Waals surface area (Å²) in [4.78, 5) is 16.8. The molecular weight excluding hydrogens is 214 g/mol. The minimum absolute atomic E-state index is 0.0109. The summed E-state index contributed by atoms with van der Waals surface area (Å²) in [6.45, 7) is 5.35. The van der Waals surface area contributed by atoms with E-state index >= 15 is 0 Å². The van der Waals surface area contributed by atoms with Crippen LogP contribution in [0.3, 0.4) is 0 Å². The molecule has 1 N–H and O–H groups in total. The van der Waals surface area contributed by atoms with Crippen LogP contribution < -0.4 is 9.88 Å². The average molecular weight is 230 g/mol. The molecule has 17 heavy (non-hydrogen) atoms. The molecule has 0 saturated carbocycles. The zero-order valence-corrected chi connectivity index (χ0v) is 10.2. The number of Topliss-reactive ketones (excluding diaryl/α,β-unsaturated/α-hetero) is 1. The first-order valence-electron chi connectivity index (χ1n) is 5.86. The minimum atomic E-state index is -0.0109. The molecule has 4 heteroatoms. The Morgan fingerprint density at radius 3 is 2.65 bits per heavy atom. The van der Waals surface area contributed by atoms with Gasteiger partial charge in [0, 0.05) is 0 Å². The number of nitrogens with zero attached hydrogens (tertiary/aromatic N) is 2. The molecular formula is C13H16N3O+. The van der Waals surface area contributed by atoms with Crippen molar-refractivity contribution < 1.29 is 9.78 Å². The molecule has 4 nitrogen and oxygen atoms in total. The van der Waals surface area contributed by atoms with E-state index in [1.807, 2.05) is 6.92 Å². The first-order valence-corrected chi connectivity index (χ1v) is 5.86. The summed E-state index contributed by atoms with van der Waals surface area (Å²) in [5.74, 6) is 0.843. The second-order valence-electron chi connectivity index (χ2n) is 4.43. The molecule has 1 aromatic heterocycles. The molecule has 1 aliphatic rings. The lowest BCUT2D eigenvalue weighted by Crippen LogP contribution is -2.29. The molecule has 1 fully saturated rings. The third kappa shape index (κ3) is 2.14. The van der Waals surface area contributed by atoms with Crippen molar-refractivity contribution in [2.45, 2.75) is 26.7 Å². The predicted octanol–water partition coefficient (Wildman–Crippen LogP) is 1.48. The van der Waals surface area contributed by atoms with Gasteiger partial charge >= 0.3 is 0 Å². The van der Waals surface area contributed by atoms with Gasteiger partial charge in [-0.3, -0.25) is 9.69 Å². The van der Waals surface area contributed by atoms with Crippen LogP contribution in [0.25, 0.3) is 0 Å². The van der Waals surface area contributed by atoms with Crippen molar-refractivity contribution in [3.05, 3.63) is 22.9 Å². The van der Waals surface area contributed by atoms with Crippen LogP contribution in [0, 0.1) is 18.3 Å². The van der Waals surface area contributed by atoms with E-state index in [2.05, 4.69) is 16.0 Å². The fourth-order valence-electron chi connectivity index (χ4n) is 2.27. The van der Waals surface area contributed by atoms with Crippen molar-refractivity contribution in [1.29, 1.82) is 5.26 Å². The number of H-pyrrole nitrogens is 1. The van der Waals surface area contributed by atoms with Crippen LogP contribution in [0.2, 0.25) is 0 Å². The number of aromatic nitrogens is 1. The van der Waals surface area contributed by atoms with E-state index in [4.69, 9.17) is 5.26 Å². The third-order valence-corrected chi connectivity index (χ3v) is 3.18. The molecule has 0 aliphatic carbocycles. The Morgan fingerprint density at radius 2 is 2.12 bits per heavy atom. The molecule has 0 atom stereocenters. The highest BCUT2D eigenvalue weighted by atomic mass is 16.1. The van der Waals surface area contributed by atoms with Crippen molar-refractivity contribution in [2.75, 3.05) is 18.0 Å². The number of nitrogens with one attached hydrogen (secondary N) is 1. The van der Waals surface area contributed by atoms with E-state index < -0.39 is 0 Å². The molecule has 2 heterocycles. The van der Waals surface area contributed by atoms with Crippen molar-refractivity contribution >= 4 is 11.6 Å². The van der Waals surface area contributed by atoms with Crippen molar-refractivity contribution in [3.63, 3.8) is 0 Å². The summed E-state index contributed by atoms with van der Waals surface area (Å²) in [5, 5.41) is 9.17. The second-order valence-corrected chi connectivity index (χ2v) is 4.43. The van der Waals surface area contributed by atoms with Gasteiger partial charge in [0.2, 0.25) is 0 Å². The molecule has 88 valence electrons. The first kappa shape index (κ1) is 11.6. The maximum Gasteiger partial charge on any atom is 0.292 e. The van der Waals surface area contributed by atoms with E-state index in [0.29, 0.717) is 11.1 Å². The number of nitriles is 1. The van der Waals surface area contributed by atoms with E-state index in [-0.39, 0.29) is 5.78 Å². The lowest BCUT2D eigenvalue weighted by Gasteiger charge is -2.11. The van der Waals surface area contributed by atoms with E-state index in [0.717, 1.165) is 37.4 Å². The molecule has 2 rings (SSSR count). The maximum absolute atomic E-state index is 11.4.